The molecule has 0 aromatic rings. The molecule has 0 radical (unpaired) electrons. The number of cyclic esters (lactones) is 1. The summed E-state index contributed by atoms with van der Waals surface area (Å²) in [6.45, 7) is 3.98. The van der Waals surface area contributed by atoms with Gasteiger partial charge in [0.05, 0.1) is 6.61 Å². The molecule has 1 atom stereocenters. The normalized spacial score (nSPS) is 21.0. The van der Waals surface area contributed by atoms with Gasteiger partial charge in [0, 0.05) is 12.0 Å². The molecule has 100 valence electrons. The van der Waals surface area contributed by atoms with Gasteiger partial charge in [-0.05, 0) is 36.8 Å². The topological polar surface area (TPSA) is 46.5 Å². The minimum absolute atomic E-state index is 0.0752. The standard InChI is InChI=1S/C14H19IO3/c1-10(9-16)4-3-5-12-7-13(18-14(12)17)6-11(2)8-15/h4,7-8,13,16H,3,5-6,9H2,1-2H3/b10-4+,11-8+/t13-/m0/s1. The molecule has 0 spiro atoms. The summed E-state index contributed by atoms with van der Waals surface area (Å²) >= 11 is 2.19. The van der Waals surface area contributed by atoms with E-state index >= 15 is 0 Å². The van der Waals surface area contributed by atoms with Gasteiger partial charge in [0.1, 0.15) is 6.10 Å². The van der Waals surface area contributed by atoms with Crippen molar-refractivity contribution >= 4 is 28.6 Å². The lowest BCUT2D eigenvalue weighted by atomic mass is 10.1. The maximum absolute atomic E-state index is 11.6. The van der Waals surface area contributed by atoms with E-state index in [1.807, 2.05) is 30.1 Å². The van der Waals surface area contributed by atoms with Crippen LogP contribution in [0.25, 0.3) is 0 Å². The first-order valence-electron chi connectivity index (χ1n) is 6.00. The van der Waals surface area contributed by atoms with E-state index in [1.54, 1.807) is 0 Å². The first-order chi connectivity index (χ1) is 8.56. The molecule has 0 saturated carbocycles. The molecule has 1 aliphatic heterocycles. The second kappa shape index (κ2) is 7.74. The number of ether oxygens (including phenoxy) is 1. The number of esters is 1. The number of aliphatic hydroxyl groups excluding tert-OH is 1. The minimum Gasteiger partial charge on any atom is -0.454 e. The highest BCUT2D eigenvalue weighted by atomic mass is 127. The quantitative estimate of drug-likeness (QED) is 0.448. The Morgan fingerprint density at radius 1 is 1.50 bits per heavy atom. The molecule has 0 amide bonds. The van der Waals surface area contributed by atoms with Crippen LogP contribution < -0.4 is 0 Å². The van der Waals surface area contributed by atoms with Crippen LogP contribution in [0.3, 0.4) is 0 Å². The molecule has 0 bridgehead atoms. The van der Waals surface area contributed by atoms with Gasteiger partial charge >= 0.3 is 5.97 Å². The Balaban J connectivity index is 2.50. The van der Waals surface area contributed by atoms with Crippen molar-refractivity contribution in [2.75, 3.05) is 6.61 Å². The third-order valence-corrected chi connectivity index (χ3v) is 3.84. The second-order valence-corrected chi connectivity index (χ2v) is 5.17. The van der Waals surface area contributed by atoms with Crippen molar-refractivity contribution in [3.8, 4) is 0 Å². The number of carbonyl (C=O) groups excluding carboxylic acids is 1. The van der Waals surface area contributed by atoms with Gasteiger partial charge < -0.3 is 9.84 Å². The van der Waals surface area contributed by atoms with Crippen molar-refractivity contribution in [2.24, 2.45) is 0 Å². The van der Waals surface area contributed by atoms with Crippen LogP contribution in [0.5, 0.6) is 0 Å². The van der Waals surface area contributed by atoms with Crippen LogP contribution >= 0.6 is 22.6 Å². The Morgan fingerprint density at radius 2 is 2.22 bits per heavy atom. The molecule has 0 aromatic heterocycles. The Hall–Kier alpha value is -0.620. The van der Waals surface area contributed by atoms with Crippen LogP contribution in [-0.2, 0) is 9.53 Å². The van der Waals surface area contributed by atoms with E-state index in [2.05, 4.69) is 22.6 Å². The van der Waals surface area contributed by atoms with Crippen LogP contribution in [0, 0.1) is 0 Å². The number of carbonyl (C=O) groups is 1. The Kier molecular flexibility index (Phi) is 6.63. The molecule has 3 nitrogen and oxygen atoms in total. The molecule has 1 N–H and O–H groups in total. The summed E-state index contributed by atoms with van der Waals surface area (Å²) in [6.07, 6.45) is 5.98. The summed E-state index contributed by atoms with van der Waals surface area (Å²) in [5.74, 6) is -0.198. The molecule has 0 unspecified atom stereocenters. The molecule has 0 aromatic carbocycles. The Labute approximate surface area is 122 Å². The monoisotopic (exact) mass is 362 g/mol. The highest BCUT2D eigenvalue weighted by Gasteiger charge is 2.24. The van der Waals surface area contributed by atoms with Gasteiger partial charge in [-0.15, -0.1) is 0 Å². The van der Waals surface area contributed by atoms with E-state index in [-0.39, 0.29) is 18.7 Å². The van der Waals surface area contributed by atoms with E-state index in [9.17, 15) is 4.79 Å². The van der Waals surface area contributed by atoms with E-state index < -0.39 is 0 Å². The van der Waals surface area contributed by atoms with Crippen LogP contribution in [0.4, 0.5) is 0 Å². The SMILES string of the molecule is C/C(=C\CCC1=C[C@H](C/C(C)=C/I)OC1=O)CO. The summed E-state index contributed by atoms with van der Waals surface area (Å²) in [5, 5.41) is 8.87. The fourth-order valence-electron chi connectivity index (χ4n) is 1.73. The van der Waals surface area contributed by atoms with Gasteiger partial charge in [0.15, 0.2) is 0 Å². The lowest BCUT2D eigenvalue weighted by Gasteiger charge is -2.06. The van der Waals surface area contributed by atoms with Gasteiger partial charge in [-0.25, -0.2) is 4.79 Å². The predicted molar refractivity (Wildman–Crippen MR) is 80.4 cm³/mol. The average molecular weight is 362 g/mol. The van der Waals surface area contributed by atoms with Gasteiger partial charge in [-0.1, -0.05) is 39.8 Å². The van der Waals surface area contributed by atoms with Crippen LogP contribution in [-0.4, -0.2) is 23.8 Å². The van der Waals surface area contributed by atoms with E-state index in [4.69, 9.17) is 9.84 Å². The van der Waals surface area contributed by atoms with Gasteiger partial charge in [-0.3, -0.25) is 0 Å². The predicted octanol–water partition coefficient (Wildman–Crippen LogP) is 3.29. The summed E-state index contributed by atoms with van der Waals surface area (Å²) in [7, 11) is 0. The number of rotatable bonds is 6. The van der Waals surface area contributed by atoms with Crippen molar-refractivity contribution < 1.29 is 14.6 Å². The molecule has 0 fully saturated rings. The third-order valence-electron chi connectivity index (χ3n) is 2.77. The molecule has 0 saturated heterocycles. The number of aliphatic hydroxyl groups is 1. The van der Waals surface area contributed by atoms with Crippen molar-refractivity contribution in [3.05, 3.63) is 33.0 Å². The Morgan fingerprint density at radius 3 is 2.83 bits per heavy atom. The molecule has 0 aliphatic carbocycles. The summed E-state index contributed by atoms with van der Waals surface area (Å²) < 4.78 is 7.29. The van der Waals surface area contributed by atoms with Crippen molar-refractivity contribution in [1.29, 1.82) is 0 Å². The molecule has 1 rings (SSSR count). The lowest BCUT2D eigenvalue weighted by Crippen LogP contribution is -2.08. The molecule has 18 heavy (non-hydrogen) atoms. The second-order valence-electron chi connectivity index (χ2n) is 4.54. The molecule has 1 heterocycles. The van der Waals surface area contributed by atoms with E-state index in [1.165, 1.54) is 5.57 Å². The Bertz CT molecular complexity index is 394. The van der Waals surface area contributed by atoms with Gasteiger partial charge in [0.25, 0.3) is 0 Å². The van der Waals surface area contributed by atoms with Gasteiger partial charge in [0.2, 0.25) is 0 Å². The molecular formula is C14H19IO3. The third kappa shape index (κ3) is 4.94. The smallest absolute Gasteiger partial charge is 0.334 e. The van der Waals surface area contributed by atoms with Crippen LogP contribution in [0.1, 0.15) is 33.1 Å². The molecule has 4 heteroatoms. The lowest BCUT2D eigenvalue weighted by molar-refractivity contribution is -0.139. The number of halogens is 1. The van der Waals surface area contributed by atoms with Crippen molar-refractivity contribution in [1.82, 2.24) is 0 Å². The maximum Gasteiger partial charge on any atom is 0.334 e. The highest BCUT2D eigenvalue weighted by Crippen LogP contribution is 2.23. The van der Waals surface area contributed by atoms with Crippen LogP contribution in [0.2, 0.25) is 0 Å². The fraction of sp³-hybridized carbons (Fsp3) is 0.500. The van der Waals surface area contributed by atoms with Crippen LogP contribution in [0.15, 0.2) is 33.0 Å². The highest BCUT2D eigenvalue weighted by molar-refractivity contribution is 14.1. The summed E-state index contributed by atoms with van der Waals surface area (Å²) in [5.41, 5.74) is 2.90. The van der Waals surface area contributed by atoms with Gasteiger partial charge in [-0.2, -0.15) is 0 Å². The van der Waals surface area contributed by atoms with Crippen molar-refractivity contribution in [3.63, 3.8) is 0 Å². The first kappa shape index (κ1) is 15.4. The number of hydrogen-bond donors (Lipinski definition) is 1. The summed E-state index contributed by atoms with van der Waals surface area (Å²) in [4.78, 5) is 11.6. The molecule has 1 aliphatic rings. The van der Waals surface area contributed by atoms with Crippen molar-refractivity contribution in [2.45, 2.75) is 39.2 Å². The maximum atomic E-state index is 11.6. The number of hydrogen-bond acceptors (Lipinski definition) is 3. The minimum atomic E-state index is -0.198. The van der Waals surface area contributed by atoms with E-state index in [0.717, 1.165) is 24.0 Å². The average Bonchev–Trinajstić information content (AvgIpc) is 2.69. The van der Waals surface area contributed by atoms with E-state index in [0.29, 0.717) is 6.42 Å². The summed E-state index contributed by atoms with van der Waals surface area (Å²) in [6, 6.07) is 0. The fourth-order valence-corrected chi connectivity index (χ4v) is 1.98. The number of allylic oxidation sites excluding steroid dienone is 1. The zero-order chi connectivity index (χ0) is 13.5. The first-order valence-corrected chi connectivity index (χ1v) is 7.25. The largest absolute Gasteiger partial charge is 0.454 e. The zero-order valence-electron chi connectivity index (χ0n) is 10.8. The molecular weight excluding hydrogens is 343 g/mol. The zero-order valence-corrected chi connectivity index (χ0v) is 12.9.